The Hall–Kier alpha value is -1.35. The molecule has 1 aromatic rings. The molecule has 0 saturated carbocycles. The number of benzene rings is 1. The molecule has 0 aliphatic carbocycles. The second-order valence-electron chi connectivity index (χ2n) is 5.14. The van der Waals surface area contributed by atoms with Crippen LogP contribution in [0.1, 0.15) is 43.7 Å². The molecular formula is C15H23N3. The van der Waals surface area contributed by atoms with Gasteiger partial charge in [-0.05, 0) is 31.4 Å². The van der Waals surface area contributed by atoms with E-state index in [2.05, 4.69) is 24.0 Å². The molecule has 1 aliphatic heterocycles. The van der Waals surface area contributed by atoms with Crippen LogP contribution in [0.5, 0.6) is 0 Å². The third kappa shape index (κ3) is 3.10. The molecule has 2 rings (SSSR count). The van der Waals surface area contributed by atoms with E-state index in [1.807, 2.05) is 12.1 Å². The van der Waals surface area contributed by atoms with Crippen molar-refractivity contribution in [2.24, 2.45) is 5.73 Å². The molecule has 0 bridgehead atoms. The van der Waals surface area contributed by atoms with E-state index < -0.39 is 0 Å². The van der Waals surface area contributed by atoms with Crippen LogP contribution in [0.25, 0.3) is 0 Å². The SMILES string of the molecule is CCC1CCCCN1Cc1ccc(C(=N)N)cc1. The zero-order valence-corrected chi connectivity index (χ0v) is 11.2. The van der Waals surface area contributed by atoms with Crippen LogP contribution in [0.15, 0.2) is 24.3 Å². The van der Waals surface area contributed by atoms with Crippen molar-refractivity contribution in [2.45, 2.75) is 45.2 Å². The van der Waals surface area contributed by atoms with E-state index in [-0.39, 0.29) is 5.84 Å². The maximum Gasteiger partial charge on any atom is 0.122 e. The lowest BCUT2D eigenvalue weighted by Crippen LogP contribution is -2.38. The van der Waals surface area contributed by atoms with E-state index in [0.29, 0.717) is 0 Å². The summed E-state index contributed by atoms with van der Waals surface area (Å²) in [5, 5.41) is 7.39. The van der Waals surface area contributed by atoms with Crippen molar-refractivity contribution in [3.63, 3.8) is 0 Å². The predicted molar refractivity (Wildman–Crippen MR) is 75.8 cm³/mol. The van der Waals surface area contributed by atoms with E-state index in [0.717, 1.165) is 18.2 Å². The number of nitrogens with one attached hydrogen (secondary N) is 1. The van der Waals surface area contributed by atoms with Gasteiger partial charge in [-0.15, -0.1) is 0 Å². The first kappa shape index (κ1) is 13.1. The van der Waals surface area contributed by atoms with Gasteiger partial charge in [-0.3, -0.25) is 10.3 Å². The third-order valence-corrected chi connectivity index (χ3v) is 3.87. The topological polar surface area (TPSA) is 53.1 Å². The van der Waals surface area contributed by atoms with Crippen LogP contribution in [0.3, 0.4) is 0 Å². The number of hydrogen-bond donors (Lipinski definition) is 2. The van der Waals surface area contributed by atoms with E-state index in [1.165, 1.54) is 37.8 Å². The Labute approximate surface area is 109 Å². The second kappa shape index (κ2) is 6.01. The van der Waals surface area contributed by atoms with Gasteiger partial charge in [0.25, 0.3) is 0 Å². The zero-order valence-electron chi connectivity index (χ0n) is 11.2. The first-order valence-corrected chi connectivity index (χ1v) is 6.88. The van der Waals surface area contributed by atoms with Gasteiger partial charge in [-0.2, -0.15) is 0 Å². The minimum atomic E-state index is 0.144. The standard InChI is InChI=1S/C15H23N3/c1-2-14-5-3-4-10-18(14)11-12-6-8-13(9-7-12)15(16)17/h6-9,14H,2-5,10-11H2,1H3,(H3,16,17). The summed E-state index contributed by atoms with van der Waals surface area (Å²) >= 11 is 0. The highest BCUT2D eigenvalue weighted by Gasteiger charge is 2.20. The lowest BCUT2D eigenvalue weighted by Gasteiger charge is -2.35. The van der Waals surface area contributed by atoms with Crippen LogP contribution < -0.4 is 5.73 Å². The lowest BCUT2D eigenvalue weighted by atomic mass is 9.99. The van der Waals surface area contributed by atoms with Gasteiger partial charge < -0.3 is 5.73 Å². The fourth-order valence-corrected chi connectivity index (χ4v) is 2.75. The Bertz CT molecular complexity index is 397. The highest BCUT2D eigenvalue weighted by molar-refractivity contribution is 5.94. The average Bonchev–Trinajstić information content (AvgIpc) is 2.40. The van der Waals surface area contributed by atoms with Crippen molar-refractivity contribution in [3.05, 3.63) is 35.4 Å². The minimum absolute atomic E-state index is 0.144. The molecule has 3 N–H and O–H groups in total. The van der Waals surface area contributed by atoms with Crippen LogP contribution >= 0.6 is 0 Å². The van der Waals surface area contributed by atoms with Crippen molar-refractivity contribution in [1.29, 1.82) is 5.41 Å². The number of hydrogen-bond acceptors (Lipinski definition) is 2. The van der Waals surface area contributed by atoms with E-state index in [1.54, 1.807) is 0 Å². The Morgan fingerprint density at radius 2 is 2.06 bits per heavy atom. The van der Waals surface area contributed by atoms with Gasteiger partial charge in [0.15, 0.2) is 0 Å². The van der Waals surface area contributed by atoms with Crippen molar-refractivity contribution < 1.29 is 0 Å². The summed E-state index contributed by atoms with van der Waals surface area (Å²) < 4.78 is 0. The molecule has 1 unspecified atom stereocenters. The number of rotatable bonds is 4. The normalized spacial score (nSPS) is 20.8. The average molecular weight is 245 g/mol. The number of nitrogens with two attached hydrogens (primary N) is 1. The molecule has 1 fully saturated rings. The molecule has 1 heterocycles. The molecule has 1 saturated heterocycles. The quantitative estimate of drug-likeness (QED) is 0.633. The highest BCUT2D eigenvalue weighted by atomic mass is 15.2. The highest BCUT2D eigenvalue weighted by Crippen LogP contribution is 2.21. The molecular weight excluding hydrogens is 222 g/mol. The fraction of sp³-hybridized carbons (Fsp3) is 0.533. The number of amidine groups is 1. The van der Waals surface area contributed by atoms with Gasteiger partial charge in [0.2, 0.25) is 0 Å². The summed E-state index contributed by atoms with van der Waals surface area (Å²) in [5.74, 6) is 0.144. The Kier molecular flexibility index (Phi) is 4.37. The summed E-state index contributed by atoms with van der Waals surface area (Å²) in [7, 11) is 0. The molecule has 0 aromatic heterocycles. The van der Waals surface area contributed by atoms with Crippen molar-refractivity contribution in [1.82, 2.24) is 4.90 Å². The van der Waals surface area contributed by atoms with Crippen LogP contribution in [0.2, 0.25) is 0 Å². The van der Waals surface area contributed by atoms with Crippen molar-refractivity contribution in [3.8, 4) is 0 Å². The number of likely N-dealkylation sites (tertiary alicyclic amines) is 1. The molecule has 3 heteroatoms. The van der Waals surface area contributed by atoms with Gasteiger partial charge in [0, 0.05) is 18.2 Å². The summed E-state index contributed by atoms with van der Waals surface area (Å²) in [6.45, 7) is 4.52. The van der Waals surface area contributed by atoms with E-state index in [4.69, 9.17) is 11.1 Å². The number of piperidine rings is 1. The predicted octanol–water partition coefficient (Wildman–Crippen LogP) is 2.74. The Balaban J connectivity index is 2.01. The van der Waals surface area contributed by atoms with Crippen LogP contribution in [0, 0.1) is 5.41 Å². The third-order valence-electron chi connectivity index (χ3n) is 3.87. The largest absolute Gasteiger partial charge is 0.384 e. The molecule has 3 nitrogen and oxygen atoms in total. The number of nitrogens with zero attached hydrogens (tertiary/aromatic N) is 1. The lowest BCUT2D eigenvalue weighted by molar-refractivity contribution is 0.136. The molecule has 98 valence electrons. The second-order valence-corrected chi connectivity index (χ2v) is 5.14. The first-order chi connectivity index (χ1) is 8.70. The molecule has 1 aliphatic rings. The van der Waals surface area contributed by atoms with Crippen LogP contribution in [-0.4, -0.2) is 23.3 Å². The zero-order chi connectivity index (χ0) is 13.0. The van der Waals surface area contributed by atoms with Gasteiger partial charge >= 0.3 is 0 Å². The van der Waals surface area contributed by atoms with Crippen molar-refractivity contribution in [2.75, 3.05) is 6.54 Å². The molecule has 0 radical (unpaired) electrons. The van der Waals surface area contributed by atoms with E-state index in [9.17, 15) is 0 Å². The fourth-order valence-electron chi connectivity index (χ4n) is 2.75. The summed E-state index contributed by atoms with van der Waals surface area (Å²) in [6.07, 6.45) is 5.27. The van der Waals surface area contributed by atoms with Gasteiger partial charge in [0.05, 0.1) is 0 Å². The molecule has 0 spiro atoms. The maximum atomic E-state index is 7.39. The smallest absolute Gasteiger partial charge is 0.122 e. The maximum absolute atomic E-state index is 7.39. The van der Waals surface area contributed by atoms with Gasteiger partial charge in [-0.25, -0.2) is 0 Å². The van der Waals surface area contributed by atoms with E-state index >= 15 is 0 Å². The van der Waals surface area contributed by atoms with Crippen molar-refractivity contribution >= 4 is 5.84 Å². The Morgan fingerprint density at radius 1 is 1.33 bits per heavy atom. The summed E-state index contributed by atoms with van der Waals surface area (Å²) in [4.78, 5) is 2.59. The molecule has 18 heavy (non-hydrogen) atoms. The molecule has 1 aromatic carbocycles. The van der Waals surface area contributed by atoms with Crippen LogP contribution in [-0.2, 0) is 6.54 Å². The first-order valence-electron chi connectivity index (χ1n) is 6.88. The minimum Gasteiger partial charge on any atom is -0.384 e. The molecule has 1 atom stereocenters. The Morgan fingerprint density at radius 3 is 2.67 bits per heavy atom. The molecule has 0 amide bonds. The van der Waals surface area contributed by atoms with Gasteiger partial charge in [0.1, 0.15) is 5.84 Å². The monoisotopic (exact) mass is 245 g/mol. The summed E-state index contributed by atoms with van der Waals surface area (Å²) in [6, 6.07) is 8.83. The van der Waals surface area contributed by atoms with Gasteiger partial charge in [-0.1, -0.05) is 37.6 Å². The number of nitrogen functional groups attached to an aromatic ring is 1. The summed E-state index contributed by atoms with van der Waals surface area (Å²) in [5.41, 5.74) is 7.59. The van der Waals surface area contributed by atoms with Crippen LogP contribution in [0.4, 0.5) is 0 Å².